The Kier molecular flexibility index (Phi) is 4.63. The molecule has 1 aromatic carbocycles. The lowest BCUT2D eigenvalue weighted by molar-refractivity contribution is -0.118. The summed E-state index contributed by atoms with van der Waals surface area (Å²) in [5, 5.41) is 2.14. The second-order valence-corrected chi connectivity index (χ2v) is 7.06. The second kappa shape index (κ2) is 7.06. The van der Waals surface area contributed by atoms with Crippen molar-refractivity contribution in [2.45, 2.75) is 31.7 Å². The average Bonchev–Trinajstić information content (AvgIpc) is 3.32. The minimum Gasteiger partial charge on any atom is -0.454 e. The predicted molar refractivity (Wildman–Crippen MR) is 94.4 cm³/mol. The summed E-state index contributed by atoms with van der Waals surface area (Å²) < 4.78 is 10.9. The summed E-state index contributed by atoms with van der Waals surface area (Å²) in [6, 6.07) is 6.66. The Morgan fingerprint density at radius 3 is 3.00 bits per heavy atom. The van der Waals surface area contributed by atoms with E-state index in [1.54, 1.807) is 6.92 Å². The van der Waals surface area contributed by atoms with Gasteiger partial charge in [0, 0.05) is 31.9 Å². The van der Waals surface area contributed by atoms with Gasteiger partial charge < -0.3 is 14.5 Å². The van der Waals surface area contributed by atoms with Gasteiger partial charge in [0.15, 0.2) is 11.5 Å². The van der Waals surface area contributed by atoms with Crippen LogP contribution in [0.25, 0.3) is 0 Å². The number of ether oxygens (including phenoxy) is 2. The monoisotopic (exact) mass is 343 g/mol. The van der Waals surface area contributed by atoms with Crippen molar-refractivity contribution in [3.8, 4) is 11.5 Å². The van der Waals surface area contributed by atoms with Gasteiger partial charge in [-0.1, -0.05) is 12.1 Å². The number of hydrogen-bond acceptors (Lipinski definition) is 6. The average molecular weight is 343 g/mol. The molecular weight excluding hydrogens is 318 g/mol. The number of nitrogens with one attached hydrogen (secondary N) is 1. The van der Waals surface area contributed by atoms with E-state index in [-0.39, 0.29) is 5.78 Å². The Labute approximate surface area is 148 Å². The zero-order chi connectivity index (χ0) is 17.2. The molecule has 1 aromatic rings. The number of carbonyl (C=O) groups is 1. The van der Waals surface area contributed by atoms with E-state index < -0.39 is 0 Å². The summed E-state index contributed by atoms with van der Waals surface area (Å²) in [5.41, 5.74) is 4.59. The van der Waals surface area contributed by atoms with Gasteiger partial charge in [-0.15, -0.1) is 0 Å². The van der Waals surface area contributed by atoms with Crippen molar-refractivity contribution >= 4 is 5.78 Å². The van der Waals surface area contributed by atoms with Crippen molar-refractivity contribution < 1.29 is 14.3 Å². The molecule has 0 radical (unpaired) electrons. The Hall–Kier alpha value is -2.05. The molecule has 6 heteroatoms. The molecule has 1 N–H and O–H groups in total. The molecule has 1 saturated heterocycles. The lowest BCUT2D eigenvalue weighted by Gasteiger charge is -2.25. The summed E-state index contributed by atoms with van der Waals surface area (Å²) in [4.78, 5) is 14.0. The van der Waals surface area contributed by atoms with Gasteiger partial charge in [0.1, 0.15) is 5.78 Å². The molecule has 1 fully saturated rings. The molecule has 0 spiro atoms. The molecule has 3 aliphatic rings. The van der Waals surface area contributed by atoms with Gasteiger partial charge in [-0.05, 0) is 43.4 Å². The highest BCUT2D eigenvalue weighted by Gasteiger charge is 2.34. The van der Waals surface area contributed by atoms with Crippen LogP contribution in [0.2, 0.25) is 0 Å². The molecule has 4 rings (SSSR count). The Morgan fingerprint density at radius 2 is 2.20 bits per heavy atom. The van der Waals surface area contributed by atoms with E-state index in [4.69, 9.17) is 9.47 Å². The third-order valence-electron chi connectivity index (χ3n) is 5.22. The zero-order valence-electron chi connectivity index (χ0n) is 14.6. The first-order valence-electron chi connectivity index (χ1n) is 8.99. The molecule has 0 bridgehead atoms. The van der Waals surface area contributed by atoms with Crippen LogP contribution in [-0.2, 0) is 4.79 Å². The van der Waals surface area contributed by atoms with Crippen LogP contribution in [0.15, 0.2) is 30.5 Å². The van der Waals surface area contributed by atoms with Gasteiger partial charge in [-0.25, -0.2) is 5.43 Å². The fourth-order valence-electron chi connectivity index (χ4n) is 4.02. The first-order valence-corrected chi connectivity index (χ1v) is 8.99. The minimum absolute atomic E-state index is 0.232. The highest BCUT2D eigenvalue weighted by Crippen LogP contribution is 2.39. The molecule has 134 valence electrons. The van der Waals surface area contributed by atoms with Gasteiger partial charge in [-0.3, -0.25) is 9.69 Å². The number of hydrazine groups is 1. The number of Topliss-reactive ketones (excluding diaryl/α,β-unsaturated/α-hetero) is 1. The number of hydrogen-bond donors (Lipinski definition) is 1. The number of nitrogens with zero attached hydrogens (tertiary/aromatic N) is 2. The van der Waals surface area contributed by atoms with E-state index in [0.29, 0.717) is 25.3 Å². The van der Waals surface area contributed by atoms with Gasteiger partial charge in [0.05, 0.1) is 6.54 Å². The number of carbonyl (C=O) groups excluding carboxylic acids is 1. The molecule has 3 aliphatic heterocycles. The molecule has 6 nitrogen and oxygen atoms in total. The lowest BCUT2D eigenvalue weighted by atomic mass is 9.95. The molecule has 0 saturated carbocycles. The summed E-state index contributed by atoms with van der Waals surface area (Å²) in [5.74, 6) is 2.33. The number of ketones is 1. The topological polar surface area (TPSA) is 54.0 Å². The number of likely N-dealkylation sites (tertiary alicyclic amines) is 1. The molecule has 25 heavy (non-hydrogen) atoms. The summed E-state index contributed by atoms with van der Waals surface area (Å²) >= 11 is 0. The Bertz CT molecular complexity index is 676. The van der Waals surface area contributed by atoms with Crippen molar-refractivity contribution in [2.75, 3.05) is 33.0 Å². The fourth-order valence-corrected chi connectivity index (χ4v) is 4.02. The number of rotatable bonds is 6. The van der Waals surface area contributed by atoms with Crippen LogP contribution in [0.1, 0.15) is 31.2 Å². The molecule has 0 amide bonds. The Morgan fingerprint density at radius 1 is 1.32 bits per heavy atom. The molecule has 3 heterocycles. The lowest BCUT2D eigenvalue weighted by Crippen LogP contribution is -2.37. The Balaban J connectivity index is 1.44. The molecule has 0 aliphatic carbocycles. The van der Waals surface area contributed by atoms with Crippen molar-refractivity contribution in [3.05, 3.63) is 36.0 Å². The van der Waals surface area contributed by atoms with Crippen molar-refractivity contribution in [2.24, 2.45) is 0 Å². The van der Waals surface area contributed by atoms with Crippen molar-refractivity contribution in [3.63, 3.8) is 0 Å². The zero-order valence-corrected chi connectivity index (χ0v) is 14.6. The summed E-state index contributed by atoms with van der Waals surface area (Å²) in [7, 11) is 0. The minimum atomic E-state index is 0.232. The van der Waals surface area contributed by atoms with Crippen LogP contribution >= 0.6 is 0 Å². The predicted octanol–water partition coefficient (Wildman–Crippen LogP) is 1.89. The van der Waals surface area contributed by atoms with Gasteiger partial charge in [0.2, 0.25) is 6.79 Å². The molecular formula is C19H25N3O3. The normalized spacial score (nSPS) is 25.1. The summed E-state index contributed by atoms with van der Waals surface area (Å²) in [6.07, 6.45) is 6.34. The van der Waals surface area contributed by atoms with E-state index in [1.165, 1.54) is 5.56 Å². The largest absolute Gasteiger partial charge is 0.454 e. The van der Waals surface area contributed by atoms with E-state index in [2.05, 4.69) is 39.7 Å². The standard InChI is InChI=1S/C19H25N3O3/c1-14(23)11-21-12-16(9-17(21)5-8-22-7-2-6-20-22)15-3-4-18-19(10-15)25-13-24-18/h2-4,7,10,16-17,20H,5-6,8-9,11-13H2,1H3. The number of fused-ring (bicyclic) bond motifs is 1. The number of benzene rings is 1. The third-order valence-corrected chi connectivity index (χ3v) is 5.22. The maximum absolute atomic E-state index is 11.7. The van der Waals surface area contributed by atoms with Crippen LogP contribution in [-0.4, -0.2) is 54.7 Å². The smallest absolute Gasteiger partial charge is 0.231 e. The fraction of sp³-hybridized carbons (Fsp3) is 0.526. The van der Waals surface area contributed by atoms with Crippen LogP contribution in [0.4, 0.5) is 0 Å². The molecule has 2 atom stereocenters. The second-order valence-electron chi connectivity index (χ2n) is 7.06. The van der Waals surface area contributed by atoms with Crippen LogP contribution in [0.5, 0.6) is 11.5 Å². The quantitative estimate of drug-likeness (QED) is 0.851. The highest BCUT2D eigenvalue weighted by atomic mass is 16.7. The molecule has 0 aromatic heterocycles. The third kappa shape index (κ3) is 3.65. The maximum Gasteiger partial charge on any atom is 0.231 e. The van der Waals surface area contributed by atoms with E-state index in [9.17, 15) is 4.79 Å². The van der Waals surface area contributed by atoms with Crippen LogP contribution in [0, 0.1) is 0 Å². The highest BCUT2D eigenvalue weighted by molar-refractivity contribution is 5.77. The van der Waals surface area contributed by atoms with Crippen LogP contribution in [0.3, 0.4) is 0 Å². The first kappa shape index (κ1) is 16.4. The van der Waals surface area contributed by atoms with E-state index in [1.807, 2.05) is 6.07 Å². The first-order chi connectivity index (χ1) is 12.2. The van der Waals surface area contributed by atoms with E-state index in [0.717, 1.165) is 44.0 Å². The molecule has 2 unspecified atom stereocenters. The van der Waals surface area contributed by atoms with Gasteiger partial charge >= 0.3 is 0 Å². The summed E-state index contributed by atoms with van der Waals surface area (Å²) in [6.45, 7) is 5.31. The maximum atomic E-state index is 11.7. The van der Waals surface area contributed by atoms with Gasteiger partial charge in [-0.2, -0.15) is 0 Å². The van der Waals surface area contributed by atoms with Crippen LogP contribution < -0.4 is 14.9 Å². The van der Waals surface area contributed by atoms with Gasteiger partial charge in [0.25, 0.3) is 0 Å². The SMILES string of the molecule is CC(=O)CN1CC(c2ccc3c(c2)OCO3)CC1CCN1C=CCN1. The van der Waals surface area contributed by atoms with E-state index >= 15 is 0 Å². The van der Waals surface area contributed by atoms with Crippen molar-refractivity contribution in [1.29, 1.82) is 0 Å². The van der Waals surface area contributed by atoms with Crippen molar-refractivity contribution in [1.82, 2.24) is 15.3 Å².